The number of ether oxygens (including phenoxy) is 1. The summed E-state index contributed by atoms with van der Waals surface area (Å²) < 4.78 is 36.4. The summed E-state index contributed by atoms with van der Waals surface area (Å²) in [5.74, 6) is 1.74. The molecule has 1 aromatic heterocycles. The van der Waals surface area contributed by atoms with Gasteiger partial charge in [0.15, 0.2) is 11.6 Å². The lowest BCUT2D eigenvalue weighted by atomic mass is 9.77. The quantitative estimate of drug-likeness (QED) is 0.579. The van der Waals surface area contributed by atoms with Crippen molar-refractivity contribution in [1.82, 2.24) is 14.5 Å². The van der Waals surface area contributed by atoms with E-state index in [1.807, 2.05) is 25.4 Å². The Morgan fingerprint density at radius 3 is 2.58 bits per heavy atom. The molecule has 2 aromatic carbocycles. The van der Waals surface area contributed by atoms with Crippen molar-refractivity contribution in [3.63, 3.8) is 0 Å². The molecule has 1 saturated heterocycles. The molecule has 0 N–H and O–H groups in total. The van der Waals surface area contributed by atoms with Gasteiger partial charge in [-0.05, 0) is 61.4 Å². The van der Waals surface area contributed by atoms with Gasteiger partial charge in [-0.25, -0.2) is 13.8 Å². The van der Waals surface area contributed by atoms with Crippen LogP contribution in [0.25, 0.3) is 0 Å². The number of hydrogen-bond donors (Lipinski definition) is 0. The van der Waals surface area contributed by atoms with Gasteiger partial charge >= 0.3 is 0 Å². The molecule has 4 atom stereocenters. The standard InChI is InChI=1S/C25H27F2N3O/c1-17-28-9-10-30(17)23-12-19-15-29(14-18-5-4-6-21(26)11-18)16-20(19)13-25(23)31-24-8-3-2-7-22(24)27/h2-11,19-20,23,25H,12-16H2,1H3/t19-,20+,23-,25-/m0/s1. The monoisotopic (exact) mass is 423 g/mol. The molecule has 0 radical (unpaired) electrons. The number of imidazole rings is 1. The summed E-state index contributed by atoms with van der Waals surface area (Å²) in [6.45, 7) is 4.68. The smallest absolute Gasteiger partial charge is 0.165 e. The minimum absolute atomic E-state index is 0.109. The maximum atomic E-state index is 14.3. The molecule has 3 aromatic rings. The number of aromatic nitrogens is 2. The Balaban J connectivity index is 1.36. The number of benzene rings is 2. The maximum Gasteiger partial charge on any atom is 0.165 e. The molecule has 31 heavy (non-hydrogen) atoms. The molecule has 1 aliphatic carbocycles. The van der Waals surface area contributed by atoms with Crippen LogP contribution < -0.4 is 4.74 Å². The zero-order valence-electron chi connectivity index (χ0n) is 17.6. The number of para-hydroxylation sites is 1. The van der Waals surface area contributed by atoms with Crippen molar-refractivity contribution >= 4 is 0 Å². The number of aryl methyl sites for hydroxylation is 1. The van der Waals surface area contributed by atoms with E-state index >= 15 is 0 Å². The van der Waals surface area contributed by atoms with Gasteiger partial charge in [0.25, 0.3) is 0 Å². The first-order chi connectivity index (χ1) is 15.1. The second-order valence-corrected chi connectivity index (χ2v) is 8.85. The van der Waals surface area contributed by atoms with Crippen LogP contribution in [0.15, 0.2) is 60.9 Å². The zero-order chi connectivity index (χ0) is 21.4. The summed E-state index contributed by atoms with van der Waals surface area (Å²) in [5, 5.41) is 0. The number of likely N-dealkylation sites (tertiary alicyclic amines) is 1. The fourth-order valence-electron chi connectivity index (χ4n) is 5.37. The van der Waals surface area contributed by atoms with E-state index in [0.29, 0.717) is 17.6 Å². The van der Waals surface area contributed by atoms with E-state index in [1.54, 1.807) is 30.3 Å². The maximum absolute atomic E-state index is 14.3. The third kappa shape index (κ3) is 4.22. The van der Waals surface area contributed by atoms with Gasteiger partial charge in [-0.3, -0.25) is 4.90 Å². The van der Waals surface area contributed by atoms with Gasteiger partial charge in [0.05, 0.1) is 6.04 Å². The number of hydrogen-bond acceptors (Lipinski definition) is 3. The molecular formula is C25H27F2N3O. The van der Waals surface area contributed by atoms with Crippen molar-refractivity contribution in [2.45, 2.75) is 38.5 Å². The minimum atomic E-state index is -0.329. The predicted octanol–water partition coefficient (Wildman–Crippen LogP) is 5.00. The SMILES string of the molecule is Cc1nccn1[C@H]1C[C@H]2CN(Cc3cccc(F)c3)C[C@H]2C[C@@H]1Oc1ccccc1F. The van der Waals surface area contributed by atoms with E-state index in [1.165, 1.54) is 12.1 Å². The van der Waals surface area contributed by atoms with E-state index in [0.717, 1.165) is 43.9 Å². The van der Waals surface area contributed by atoms with Crippen molar-refractivity contribution < 1.29 is 13.5 Å². The lowest BCUT2D eigenvalue weighted by molar-refractivity contribution is 0.0509. The van der Waals surface area contributed by atoms with E-state index < -0.39 is 0 Å². The van der Waals surface area contributed by atoms with Crippen molar-refractivity contribution in [3.8, 4) is 5.75 Å². The highest BCUT2D eigenvalue weighted by atomic mass is 19.1. The number of fused-ring (bicyclic) bond motifs is 1. The fourth-order valence-corrected chi connectivity index (χ4v) is 5.37. The molecule has 162 valence electrons. The lowest BCUT2D eigenvalue weighted by Crippen LogP contribution is -2.40. The molecule has 2 aliphatic rings. The van der Waals surface area contributed by atoms with Gasteiger partial charge in [0.1, 0.15) is 17.7 Å². The molecule has 4 nitrogen and oxygen atoms in total. The molecule has 2 heterocycles. The minimum Gasteiger partial charge on any atom is -0.485 e. The van der Waals surface area contributed by atoms with Crippen LogP contribution in [-0.2, 0) is 6.54 Å². The second kappa shape index (κ2) is 8.42. The van der Waals surface area contributed by atoms with Gasteiger partial charge in [0, 0.05) is 32.0 Å². The Hall–Kier alpha value is -2.73. The average molecular weight is 424 g/mol. The van der Waals surface area contributed by atoms with Gasteiger partial charge < -0.3 is 9.30 Å². The molecule has 1 saturated carbocycles. The summed E-state index contributed by atoms with van der Waals surface area (Å²) >= 11 is 0. The van der Waals surface area contributed by atoms with E-state index in [9.17, 15) is 8.78 Å². The summed E-state index contributed by atoms with van der Waals surface area (Å²) in [5.41, 5.74) is 1.000. The lowest BCUT2D eigenvalue weighted by Gasteiger charge is -2.39. The number of halogens is 2. The summed E-state index contributed by atoms with van der Waals surface area (Å²) in [4.78, 5) is 6.81. The molecule has 0 unspecified atom stereocenters. The largest absolute Gasteiger partial charge is 0.485 e. The van der Waals surface area contributed by atoms with Crippen LogP contribution in [0.3, 0.4) is 0 Å². The third-order valence-electron chi connectivity index (χ3n) is 6.79. The molecule has 0 spiro atoms. The average Bonchev–Trinajstić information content (AvgIpc) is 3.34. The van der Waals surface area contributed by atoms with Crippen LogP contribution in [-0.4, -0.2) is 33.6 Å². The molecular weight excluding hydrogens is 396 g/mol. The van der Waals surface area contributed by atoms with Crippen molar-refractivity contribution in [1.29, 1.82) is 0 Å². The van der Waals surface area contributed by atoms with Crippen molar-refractivity contribution in [2.24, 2.45) is 11.8 Å². The van der Waals surface area contributed by atoms with Crippen LogP contribution in [0.1, 0.15) is 30.3 Å². The fraction of sp³-hybridized carbons (Fsp3) is 0.400. The van der Waals surface area contributed by atoms with Crippen LogP contribution in [0.5, 0.6) is 5.75 Å². The highest BCUT2D eigenvalue weighted by Gasteiger charge is 2.44. The Bertz CT molecular complexity index is 1050. The second-order valence-electron chi connectivity index (χ2n) is 8.85. The Morgan fingerprint density at radius 1 is 1.03 bits per heavy atom. The molecule has 2 fully saturated rings. The molecule has 5 rings (SSSR count). The predicted molar refractivity (Wildman–Crippen MR) is 115 cm³/mol. The topological polar surface area (TPSA) is 30.3 Å². The first-order valence-electron chi connectivity index (χ1n) is 10.9. The van der Waals surface area contributed by atoms with Crippen molar-refractivity contribution in [3.05, 3.63) is 83.9 Å². The molecule has 1 aliphatic heterocycles. The van der Waals surface area contributed by atoms with Gasteiger partial charge in [-0.1, -0.05) is 24.3 Å². The molecule has 6 heteroatoms. The Kier molecular flexibility index (Phi) is 5.48. The zero-order valence-corrected chi connectivity index (χ0v) is 17.6. The normalized spacial score (nSPS) is 26.0. The third-order valence-corrected chi connectivity index (χ3v) is 6.79. The van der Waals surface area contributed by atoms with Crippen LogP contribution in [0, 0.1) is 30.4 Å². The highest BCUT2D eigenvalue weighted by Crippen LogP contribution is 2.43. The van der Waals surface area contributed by atoms with Crippen LogP contribution in [0.2, 0.25) is 0 Å². The first kappa shape index (κ1) is 20.2. The van der Waals surface area contributed by atoms with Gasteiger partial charge in [0.2, 0.25) is 0 Å². The molecule has 0 amide bonds. The highest BCUT2D eigenvalue weighted by molar-refractivity contribution is 5.24. The number of nitrogens with zero attached hydrogens (tertiary/aromatic N) is 3. The number of rotatable bonds is 5. The summed E-state index contributed by atoms with van der Waals surface area (Å²) in [6.07, 6.45) is 5.51. The first-order valence-corrected chi connectivity index (χ1v) is 10.9. The van der Waals surface area contributed by atoms with E-state index in [-0.39, 0.29) is 23.8 Å². The van der Waals surface area contributed by atoms with E-state index in [4.69, 9.17) is 4.74 Å². The summed E-state index contributed by atoms with van der Waals surface area (Å²) in [6, 6.07) is 13.6. The van der Waals surface area contributed by atoms with Gasteiger partial charge in [-0.15, -0.1) is 0 Å². The van der Waals surface area contributed by atoms with Crippen molar-refractivity contribution in [2.75, 3.05) is 13.1 Å². The van der Waals surface area contributed by atoms with E-state index in [2.05, 4.69) is 14.5 Å². The van der Waals surface area contributed by atoms with Crippen LogP contribution >= 0.6 is 0 Å². The Morgan fingerprint density at radius 2 is 1.84 bits per heavy atom. The molecule has 0 bridgehead atoms. The summed E-state index contributed by atoms with van der Waals surface area (Å²) in [7, 11) is 0. The Labute approximate surface area is 181 Å². The van der Waals surface area contributed by atoms with Gasteiger partial charge in [-0.2, -0.15) is 0 Å². The van der Waals surface area contributed by atoms with Crippen LogP contribution in [0.4, 0.5) is 8.78 Å².